The van der Waals surface area contributed by atoms with E-state index in [9.17, 15) is 20.2 Å². The molecule has 1 aromatic carbocycles. The second-order valence-electron chi connectivity index (χ2n) is 4.37. The van der Waals surface area contributed by atoms with Crippen molar-refractivity contribution in [2.45, 2.75) is 13.5 Å². The minimum Gasteiger partial charge on any atom is -0.375 e. The summed E-state index contributed by atoms with van der Waals surface area (Å²) in [5.41, 5.74) is 1.48. The van der Waals surface area contributed by atoms with E-state index in [1.54, 1.807) is 12.4 Å². The Bertz CT molecular complexity index is 702. The van der Waals surface area contributed by atoms with E-state index in [1.807, 2.05) is 13.0 Å². The van der Waals surface area contributed by atoms with Gasteiger partial charge in [0.05, 0.1) is 15.9 Å². The molecule has 0 saturated heterocycles. The zero-order chi connectivity index (χ0) is 15.4. The smallest absolute Gasteiger partial charge is 0.299 e. The molecule has 0 fully saturated rings. The van der Waals surface area contributed by atoms with E-state index in [-0.39, 0.29) is 17.1 Å². The van der Waals surface area contributed by atoms with Crippen LogP contribution in [0.5, 0.6) is 0 Å². The molecule has 108 valence electrons. The monoisotopic (exact) mass is 288 g/mol. The first-order valence-electron chi connectivity index (χ1n) is 6.05. The number of hydrogen-bond donors (Lipinski definition) is 1. The molecule has 0 aliphatic carbocycles. The van der Waals surface area contributed by atoms with Gasteiger partial charge in [-0.2, -0.15) is 0 Å². The van der Waals surface area contributed by atoms with Crippen LogP contribution in [0.3, 0.4) is 0 Å². The van der Waals surface area contributed by atoms with E-state index in [2.05, 4.69) is 10.3 Å². The average Bonchev–Trinajstić information content (AvgIpc) is 2.46. The zero-order valence-electron chi connectivity index (χ0n) is 11.1. The van der Waals surface area contributed by atoms with Gasteiger partial charge in [0.2, 0.25) is 0 Å². The van der Waals surface area contributed by atoms with Crippen LogP contribution in [0.1, 0.15) is 11.1 Å². The van der Waals surface area contributed by atoms with Crippen molar-refractivity contribution in [2.75, 3.05) is 5.32 Å². The normalized spacial score (nSPS) is 10.1. The van der Waals surface area contributed by atoms with Gasteiger partial charge in [0.25, 0.3) is 11.4 Å². The molecule has 1 aromatic heterocycles. The van der Waals surface area contributed by atoms with Crippen LogP contribution >= 0.6 is 0 Å². The molecule has 2 rings (SSSR count). The van der Waals surface area contributed by atoms with Crippen LogP contribution in [0, 0.1) is 27.2 Å². The summed E-state index contributed by atoms with van der Waals surface area (Å²) in [6.45, 7) is 2.25. The highest BCUT2D eigenvalue weighted by Gasteiger charge is 2.19. The van der Waals surface area contributed by atoms with E-state index in [0.29, 0.717) is 6.54 Å². The first-order chi connectivity index (χ1) is 9.99. The molecule has 1 heterocycles. The summed E-state index contributed by atoms with van der Waals surface area (Å²) in [6.07, 6.45) is 3.33. The lowest BCUT2D eigenvalue weighted by atomic mass is 10.1. The highest BCUT2D eigenvalue weighted by Crippen LogP contribution is 2.29. The first-order valence-corrected chi connectivity index (χ1v) is 6.05. The number of nitrogens with zero attached hydrogens (tertiary/aromatic N) is 3. The molecule has 0 saturated carbocycles. The van der Waals surface area contributed by atoms with Crippen molar-refractivity contribution in [1.29, 1.82) is 0 Å². The molecule has 2 aromatic rings. The van der Waals surface area contributed by atoms with Crippen LogP contribution in [0.2, 0.25) is 0 Å². The topological polar surface area (TPSA) is 111 Å². The number of non-ortho nitro benzene ring substituents is 1. The van der Waals surface area contributed by atoms with Crippen molar-refractivity contribution >= 4 is 17.1 Å². The fraction of sp³-hybridized carbons (Fsp3) is 0.154. The number of benzene rings is 1. The Hall–Kier alpha value is -3.03. The van der Waals surface area contributed by atoms with Crippen molar-refractivity contribution in [3.63, 3.8) is 0 Å². The van der Waals surface area contributed by atoms with E-state index in [1.165, 1.54) is 12.1 Å². The highest BCUT2D eigenvalue weighted by molar-refractivity contribution is 5.65. The second kappa shape index (κ2) is 5.95. The number of nitrogens with one attached hydrogen (secondary N) is 1. The lowest BCUT2D eigenvalue weighted by Gasteiger charge is -2.08. The standard InChI is InChI=1S/C13H12N4O4/c1-9-4-5-14-7-10(9)8-15-12-3-2-11(16(18)19)6-13(12)17(20)21/h2-7,15H,8H2,1H3. The third kappa shape index (κ3) is 3.30. The average molecular weight is 288 g/mol. The van der Waals surface area contributed by atoms with Crippen molar-refractivity contribution in [2.24, 2.45) is 0 Å². The third-order valence-corrected chi connectivity index (χ3v) is 3.01. The quantitative estimate of drug-likeness (QED) is 0.668. The van der Waals surface area contributed by atoms with Gasteiger partial charge in [-0.25, -0.2) is 0 Å². The predicted molar refractivity (Wildman–Crippen MR) is 76.1 cm³/mol. The lowest BCUT2D eigenvalue weighted by molar-refractivity contribution is -0.393. The van der Waals surface area contributed by atoms with Gasteiger partial charge in [-0.1, -0.05) is 0 Å². The van der Waals surface area contributed by atoms with Gasteiger partial charge in [0, 0.05) is 25.0 Å². The number of nitro benzene ring substituents is 2. The Balaban J connectivity index is 2.26. The lowest BCUT2D eigenvalue weighted by Crippen LogP contribution is -2.04. The summed E-state index contributed by atoms with van der Waals surface area (Å²) in [5, 5.41) is 24.6. The maximum absolute atomic E-state index is 11.0. The van der Waals surface area contributed by atoms with E-state index < -0.39 is 9.85 Å². The van der Waals surface area contributed by atoms with Crippen LogP contribution in [-0.2, 0) is 6.54 Å². The number of aryl methyl sites for hydroxylation is 1. The molecular formula is C13H12N4O4. The number of hydrogen-bond acceptors (Lipinski definition) is 6. The predicted octanol–water partition coefficient (Wildman–Crippen LogP) is 2.82. The first kappa shape index (κ1) is 14.4. The van der Waals surface area contributed by atoms with Crippen LogP contribution in [-0.4, -0.2) is 14.8 Å². The SMILES string of the molecule is Cc1ccncc1CNc1ccc([N+](=O)[O-])cc1[N+](=O)[O-]. The van der Waals surface area contributed by atoms with Crippen molar-refractivity contribution in [3.8, 4) is 0 Å². The van der Waals surface area contributed by atoms with Crippen LogP contribution in [0.25, 0.3) is 0 Å². The fourth-order valence-corrected chi connectivity index (χ4v) is 1.81. The Morgan fingerprint density at radius 3 is 2.57 bits per heavy atom. The summed E-state index contributed by atoms with van der Waals surface area (Å²) >= 11 is 0. The van der Waals surface area contributed by atoms with Crippen LogP contribution in [0.4, 0.5) is 17.1 Å². The van der Waals surface area contributed by atoms with Crippen molar-refractivity contribution < 1.29 is 9.85 Å². The summed E-state index contributed by atoms with van der Waals surface area (Å²) in [5.74, 6) is 0. The Labute approximate surface area is 119 Å². The van der Waals surface area contributed by atoms with Gasteiger partial charge in [-0.15, -0.1) is 0 Å². The Kier molecular flexibility index (Phi) is 4.07. The molecule has 0 aliphatic heterocycles. The largest absolute Gasteiger partial charge is 0.375 e. The number of aromatic nitrogens is 1. The van der Waals surface area contributed by atoms with Gasteiger partial charge in [0.15, 0.2) is 0 Å². The number of nitro groups is 2. The van der Waals surface area contributed by atoms with E-state index >= 15 is 0 Å². The molecule has 0 amide bonds. The molecule has 8 nitrogen and oxygen atoms in total. The van der Waals surface area contributed by atoms with Crippen LogP contribution < -0.4 is 5.32 Å². The van der Waals surface area contributed by atoms with Gasteiger partial charge >= 0.3 is 0 Å². The summed E-state index contributed by atoms with van der Waals surface area (Å²) in [6, 6.07) is 5.34. The van der Waals surface area contributed by atoms with Crippen molar-refractivity contribution in [3.05, 3.63) is 68.0 Å². The molecule has 0 bridgehead atoms. The minimum absolute atomic E-state index is 0.230. The molecule has 0 atom stereocenters. The van der Waals surface area contributed by atoms with Gasteiger partial charge < -0.3 is 5.32 Å². The number of anilines is 1. The van der Waals surface area contributed by atoms with Crippen LogP contribution in [0.15, 0.2) is 36.7 Å². The van der Waals surface area contributed by atoms with Crippen molar-refractivity contribution in [1.82, 2.24) is 4.98 Å². The molecule has 0 unspecified atom stereocenters. The van der Waals surface area contributed by atoms with E-state index in [0.717, 1.165) is 17.2 Å². The fourth-order valence-electron chi connectivity index (χ4n) is 1.81. The number of rotatable bonds is 5. The number of pyridine rings is 1. The molecule has 21 heavy (non-hydrogen) atoms. The molecule has 8 heteroatoms. The Morgan fingerprint density at radius 2 is 1.95 bits per heavy atom. The van der Waals surface area contributed by atoms with E-state index in [4.69, 9.17) is 0 Å². The summed E-state index contributed by atoms with van der Waals surface area (Å²) in [4.78, 5) is 24.3. The summed E-state index contributed by atoms with van der Waals surface area (Å²) in [7, 11) is 0. The third-order valence-electron chi connectivity index (χ3n) is 3.01. The Morgan fingerprint density at radius 1 is 1.19 bits per heavy atom. The molecular weight excluding hydrogens is 276 g/mol. The molecule has 0 spiro atoms. The van der Waals surface area contributed by atoms with Gasteiger partial charge in [0.1, 0.15) is 5.69 Å². The maximum atomic E-state index is 11.0. The molecule has 1 N–H and O–H groups in total. The molecule has 0 radical (unpaired) electrons. The molecule has 0 aliphatic rings. The van der Waals surface area contributed by atoms with Gasteiger partial charge in [-0.05, 0) is 30.2 Å². The highest BCUT2D eigenvalue weighted by atomic mass is 16.6. The van der Waals surface area contributed by atoms with Gasteiger partial charge in [-0.3, -0.25) is 25.2 Å². The minimum atomic E-state index is -0.665. The maximum Gasteiger partial charge on any atom is 0.299 e. The second-order valence-corrected chi connectivity index (χ2v) is 4.37. The zero-order valence-corrected chi connectivity index (χ0v) is 11.1. The summed E-state index contributed by atoms with van der Waals surface area (Å²) < 4.78 is 0.